The van der Waals surface area contributed by atoms with Gasteiger partial charge in [-0.1, -0.05) is 0 Å². The molecule has 100 valence electrons. The lowest BCUT2D eigenvalue weighted by molar-refractivity contribution is -0.129. The molecule has 0 N–H and O–H groups in total. The first-order chi connectivity index (χ1) is 9.16. The van der Waals surface area contributed by atoms with Crippen LogP contribution in [0.15, 0.2) is 12.1 Å². The van der Waals surface area contributed by atoms with Gasteiger partial charge < -0.3 is 9.80 Å². The molecule has 2 aromatic heterocycles. The van der Waals surface area contributed by atoms with Crippen molar-refractivity contribution in [3.63, 3.8) is 0 Å². The summed E-state index contributed by atoms with van der Waals surface area (Å²) in [7, 11) is 3.55. The summed E-state index contributed by atoms with van der Waals surface area (Å²) >= 11 is 0. The van der Waals surface area contributed by atoms with E-state index in [1.54, 1.807) is 25.1 Å². The van der Waals surface area contributed by atoms with Gasteiger partial charge in [-0.05, 0) is 35.4 Å². The van der Waals surface area contributed by atoms with Crippen LogP contribution in [0, 0.1) is 0 Å². The van der Waals surface area contributed by atoms with Gasteiger partial charge in [0, 0.05) is 20.6 Å². The number of nitrogens with zero attached hydrogens (tertiary/aromatic N) is 7. The summed E-state index contributed by atoms with van der Waals surface area (Å²) in [5.74, 6) is 0.841. The molecular formula is C11H15N7O. The third kappa shape index (κ3) is 1.98. The second-order valence-electron chi connectivity index (χ2n) is 4.80. The molecule has 1 aliphatic rings. The average Bonchev–Trinajstić information content (AvgIpc) is 3.05. The largest absolute Gasteiger partial charge is 0.347 e. The summed E-state index contributed by atoms with van der Waals surface area (Å²) in [4.78, 5) is 15.8. The molecular weight excluding hydrogens is 246 g/mol. The molecule has 0 aliphatic carbocycles. The Balaban J connectivity index is 1.93. The molecule has 0 aromatic carbocycles. The summed E-state index contributed by atoms with van der Waals surface area (Å²) in [5, 5.41) is 15.5. The van der Waals surface area contributed by atoms with E-state index in [2.05, 4.69) is 20.6 Å². The first-order valence-corrected chi connectivity index (χ1v) is 6.20. The maximum atomic E-state index is 12.2. The van der Waals surface area contributed by atoms with Crippen LogP contribution < -0.4 is 4.90 Å². The first kappa shape index (κ1) is 11.8. The van der Waals surface area contributed by atoms with Gasteiger partial charge in [-0.25, -0.2) is 0 Å². The number of fused-ring (bicyclic) bond motifs is 1. The first-order valence-electron chi connectivity index (χ1n) is 6.20. The number of amides is 1. The fourth-order valence-electron chi connectivity index (χ4n) is 2.39. The zero-order valence-electron chi connectivity index (χ0n) is 10.9. The van der Waals surface area contributed by atoms with Crippen molar-refractivity contribution in [2.75, 3.05) is 25.5 Å². The van der Waals surface area contributed by atoms with Crippen LogP contribution in [0.3, 0.4) is 0 Å². The predicted octanol–water partition coefficient (Wildman–Crippen LogP) is -0.424. The van der Waals surface area contributed by atoms with Crippen molar-refractivity contribution in [3.8, 4) is 0 Å². The summed E-state index contributed by atoms with van der Waals surface area (Å²) in [6, 6.07) is 3.52. The molecule has 0 radical (unpaired) electrons. The van der Waals surface area contributed by atoms with Gasteiger partial charge in [0.2, 0.25) is 5.91 Å². The standard InChI is InChI=1S/C11H15N7O/c1-16(2)11(19)8-4-3-7-17(8)10-6-5-9-12-14-15-18(9)13-10/h5-6,8H,3-4,7H2,1-2H3/t8-/m0/s1. The van der Waals surface area contributed by atoms with Gasteiger partial charge in [0.05, 0.1) is 0 Å². The van der Waals surface area contributed by atoms with Gasteiger partial charge in [0.1, 0.15) is 6.04 Å². The number of anilines is 1. The van der Waals surface area contributed by atoms with Crippen molar-refractivity contribution < 1.29 is 4.79 Å². The monoisotopic (exact) mass is 261 g/mol. The van der Waals surface area contributed by atoms with Crippen LogP contribution in [0.4, 0.5) is 5.82 Å². The second-order valence-corrected chi connectivity index (χ2v) is 4.80. The van der Waals surface area contributed by atoms with Crippen LogP contribution >= 0.6 is 0 Å². The molecule has 8 heteroatoms. The summed E-state index contributed by atoms with van der Waals surface area (Å²) < 4.78 is 1.38. The lowest BCUT2D eigenvalue weighted by Crippen LogP contribution is -2.43. The van der Waals surface area contributed by atoms with Gasteiger partial charge in [0.15, 0.2) is 11.5 Å². The molecule has 0 bridgehead atoms. The number of tetrazole rings is 1. The van der Waals surface area contributed by atoms with Gasteiger partial charge >= 0.3 is 0 Å². The highest BCUT2D eigenvalue weighted by Gasteiger charge is 2.32. The summed E-state index contributed by atoms with van der Waals surface area (Å²) in [5.41, 5.74) is 0.596. The van der Waals surface area contributed by atoms with E-state index in [1.807, 2.05) is 11.0 Å². The molecule has 2 aromatic rings. The average molecular weight is 261 g/mol. The molecule has 3 rings (SSSR count). The third-order valence-corrected chi connectivity index (χ3v) is 3.33. The van der Waals surface area contributed by atoms with Crippen LogP contribution in [0.25, 0.3) is 5.65 Å². The van der Waals surface area contributed by atoms with E-state index in [0.29, 0.717) is 5.65 Å². The number of likely N-dealkylation sites (N-methyl/N-ethyl adjacent to an activating group) is 1. The van der Waals surface area contributed by atoms with Crippen molar-refractivity contribution >= 4 is 17.4 Å². The van der Waals surface area contributed by atoms with Gasteiger partial charge in [-0.3, -0.25) is 4.79 Å². The Morgan fingerprint density at radius 3 is 3.05 bits per heavy atom. The number of rotatable bonds is 2. The fraction of sp³-hybridized carbons (Fsp3) is 0.545. The van der Waals surface area contributed by atoms with Crippen LogP contribution in [0.2, 0.25) is 0 Å². The zero-order valence-corrected chi connectivity index (χ0v) is 10.9. The van der Waals surface area contributed by atoms with E-state index in [9.17, 15) is 4.79 Å². The number of hydrogen-bond acceptors (Lipinski definition) is 6. The Labute approximate surface area is 110 Å². The minimum atomic E-state index is -0.142. The smallest absolute Gasteiger partial charge is 0.244 e. The van der Waals surface area contributed by atoms with E-state index < -0.39 is 0 Å². The van der Waals surface area contributed by atoms with Crippen molar-refractivity contribution in [2.24, 2.45) is 0 Å². The van der Waals surface area contributed by atoms with Crippen molar-refractivity contribution in [1.29, 1.82) is 0 Å². The number of carbonyl (C=O) groups excluding carboxylic acids is 1. The second kappa shape index (κ2) is 4.45. The van der Waals surface area contributed by atoms with Crippen molar-refractivity contribution in [3.05, 3.63) is 12.1 Å². The third-order valence-electron chi connectivity index (χ3n) is 3.33. The van der Waals surface area contributed by atoms with E-state index in [0.717, 1.165) is 25.2 Å². The molecule has 8 nitrogen and oxygen atoms in total. The summed E-state index contributed by atoms with van der Waals surface area (Å²) in [6.45, 7) is 0.824. The Kier molecular flexibility index (Phi) is 2.77. The lowest BCUT2D eigenvalue weighted by Gasteiger charge is -2.26. The molecule has 19 heavy (non-hydrogen) atoms. The minimum absolute atomic E-state index is 0.108. The summed E-state index contributed by atoms with van der Waals surface area (Å²) in [6.07, 6.45) is 1.84. The highest BCUT2D eigenvalue weighted by Crippen LogP contribution is 2.24. The fourth-order valence-corrected chi connectivity index (χ4v) is 2.39. The van der Waals surface area contributed by atoms with E-state index in [1.165, 1.54) is 4.63 Å². The Hall–Kier alpha value is -2.25. The Morgan fingerprint density at radius 2 is 2.26 bits per heavy atom. The maximum absolute atomic E-state index is 12.2. The molecule has 1 atom stereocenters. The molecule has 0 unspecified atom stereocenters. The van der Waals surface area contributed by atoms with Crippen molar-refractivity contribution in [1.82, 2.24) is 30.2 Å². The molecule has 1 aliphatic heterocycles. The number of carbonyl (C=O) groups is 1. The Bertz CT molecular complexity index is 608. The number of aromatic nitrogens is 5. The van der Waals surface area contributed by atoms with Gasteiger partial charge in [-0.15, -0.1) is 14.8 Å². The molecule has 1 saturated heterocycles. The molecule has 0 saturated carbocycles. The number of hydrogen-bond donors (Lipinski definition) is 0. The van der Waals surface area contributed by atoms with Crippen molar-refractivity contribution in [2.45, 2.75) is 18.9 Å². The van der Waals surface area contributed by atoms with E-state index >= 15 is 0 Å². The molecule has 0 spiro atoms. The molecule has 1 amide bonds. The van der Waals surface area contributed by atoms with Crippen LogP contribution in [0.1, 0.15) is 12.8 Å². The maximum Gasteiger partial charge on any atom is 0.244 e. The van der Waals surface area contributed by atoms with Gasteiger partial charge in [-0.2, -0.15) is 0 Å². The minimum Gasteiger partial charge on any atom is -0.347 e. The SMILES string of the molecule is CN(C)C(=O)[C@@H]1CCCN1c1ccc2nnnn2n1. The lowest BCUT2D eigenvalue weighted by atomic mass is 10.2. The topological polar surface area (TPSA) is 79.5 Å². The Morgan fingerprint density at radius 1 is 1.42 bits per heavy atom. The van der Waals surface area contributed by atoms with E-state index in [-0.39, 0.29) is 11.9 Å². The normalized spacial score (nSPS) is 19.1. The molecule has 3 heterocycles. The quantitative estimate of drug-likeness (QED) is 0.730. The van der Waals surface area contributed by atoms with Crippen LogP contribution in [0.5, 0.6) is 0 Å². The highest BCUT2D eigenvalue weighted by atomic mass is 16.2. The highest BCUT2D eigenvalue weighted by molar-refractivity contribution is 5.85. The van der Waals surface area contributed by atoms with E-state index in [4.69, 9.17) is 0 Å². The van der Waals surface area contributed by atoms with Crippen LogP contribution in [-0.4, -0.2) is 62.7 Å². The molecule has 1 fully saturated rings. The van der Waals surface area contributed by atoms with Gasteiger partial charge in [0.25, 0.3) is 0 Å². The van der Waals surface area contributed by atoms with Crippen LogP contribution in [-0.2, 0) is 4.79 Å². The predicted molar refractivity (Wildman–Crippen MR) is 67.6 cm³/mol. The zero-order chi connectivity index (χ0) is 13.4.